The van der Waals surface area contributed by atoms with Gasteiger partial charge in [-0.3, -0.25) is 0 Å². The standard InChI is InChI=1S/C19H26ClNO2S/c1-11-5-17(3-4-18(11)20)24(22,23)21-12(2)19-15-7-13-6-14(9-15)10-16(19)8-13/h3-5,12-16,19,21H,6-10H2,1-2H3. The highest BCUT2D eigenvalue weighted by Gasteiger charge is 2.50. The lowest BCUT2D eigenvalue weighted by Crippen LogP contribution is -2.52. The Morgan fingerprint density at radius 3 is 2.21 bits per heavy atom. The van der Waals surface area contributed by atoms with E-state index in [4.69, 9.17) is 11.6 Å². The van der Waals surface area contributed by atoms with Crippen LogP contribution >= 0.6 is 11.6 Å². The highest BCUT2D eigenvalue weighted by Crippen LogP contribution is 2.57. The summed E-state index contributed by atoms with van der Waals surface area (Å²) in [5.74, 6) is 3.75. The van der Waals surface area contributed by atoms with E-state index in [0.717, 1.165) is 17.4 Å². The van der Waals surface area contributed by atoms with Crippen LogP contribution in [0.1, 0.15) is 44.6 Å². The van der Waals surface area contributed by atoms with Crippen LogP contribution in [0.2, 0.25) is 5.02 Å². The van der Waals surface area contributed by atoms with Crippen molar-refractivity contribution in [1.29, 1.82) is 0 Å². The van der Waals surface area contributed by atoms with Gasteiger partial charge >= 0.3 is 0 Å². The topological polar surface area (TPSA) is 46.2 Å². The van der Waals surface area contributed by atoms with Crippen molar-refractivity contribution in [3.63, 3.8) is 0 Å². The smallest absolute Gasteiger partial charge is 0.208 e. The third-order valence-corrected chi connectivity index (χ3v) is 8.64. The van der Waals surface area contributed by atoms with Crippen molar-refractivity contribution in [2.75, 3.05) is 0 Å². The van der Waals surface area contributed by atoms with E-state index in [9.17, 15) is 8.42 Å². The van der Waals surface area contributed by atoms with Crippen LogP contribution < -0.4 is 4.72 Å². The molecule has 0 aliphatic heterocycles. The Kier molecular flexibility index (Phi) is 4.21. The van der Waals surface area contributed by atoms with Gasteiger partial charge in [0.1, 0.15) is 0 Å². The zero-order valence-electron chi connectivity index (χ0n) is 14.3. The molecule has 1 aromatic rings. The molecule has 4 fully saturated rings. The van der Waals surface area contributed by atoms with Crippen molar-refractivity contribution in [1.82, 2.24) is 4.72 Å². The van der Waals surface area contributed by atoms with Crippen LogP contribution in [-0.2, 0) is 10.0 Å². The highest BCUT2D eigenvalue weighted by atomic mass is 35.5. The summed E-state index contributed by atoms with van der Waals surface area (Å²) in [5.41, 5.74) is 0.793. The molecule has 4 aliphatic rings. The van der Waals surface area contributed by atoms with Gasteiger partial charge in [-0.15, -0.1) is 0 Å². The van der Waals surface area contributed by atoms with Gasteiger partial charge in [0.05, 0.1) is 4.90 Å². The lowest BCUT2D eigenvalue weighted by molar-refractivity contribution is -0.0463. The molecule has 5 heteroatoms. The van der Waals surface area contributed by atoms with Crippen molar-refractivity contribution < 1.29 is 8.42 Å². The normalized spacial score (nSPS) is 36.0. The number of aryl methyl sites for hydroxylation is 1. The van der Waals surface area contributed by atoms with Crippen molar-refractivity contribution in [3.05, 3.63) is 28.8 Å². The van der Waals surface area contributed by atoms with Crippen LogP contribution in [0, 0.1) is 36.5 Å². The fraction of sp³-hybridized carbons (Fsp3) is 0.684. The first-order chi connectivity index (χ1) is 11.3. The number of nitrogens with one attached hydrogen (secondary N) is 1. The van der Waals surface area contributed by atoms with Crippen LogP contribution in [-0.4, -0.2) is 14.5 Å². The fourth-order valence-corrected chi connectivity index (χ4v) is 7.44. The van der Waals surface area contributed by atoms with Crippen LogP contribution in [0.5, 0.6) is 0 Å². The Bertz CT molecular complexity index is 718. The molecule has 1 atom stereocenters. The number of halogens is 1. The molecule has 1 N–H and O–H groups in total. The predicted octanol–water partition coefficient (Wildman–Crippen LogP) is 4.39. The summed E-state index contributed by atoms with van der Waals surface area (Å²) in [4.78, 5) is 0.320. The van der Waals surface area contributed by atoms with Crippen LogP contribution in [0.15, 0.2) is 23.1 Å². The molecular weight excluding hydrogens is 342 g/mol. The van der Waals surface area contributed by atoms with E-state index in [1.807, 2.05) is 6.92 Å². The molecule has 1 aromatic carbocycles. The SMILES string of the molecule is Cc1cc(S(=O)(=O)NC(C)C2C3CC4CC(C3)CC2C4)ccc1Cl. The van der Waals surface area contributed by atoms with Gasteiger partial charge in [0.15, 0.2) is 0 Å². The summed E-state index contributed by atoms with van der Waals surface area (Å²) in [6, 6.07) is 4.93. The van der Waals surface area contributed by atoms with E-state index in [-0.39, 0.29) is 6.04 Å². The van der Waals surface area contributed by atoms with Gasteiger partial charge in [0.2, 0.25) is 10.0 Å². The summed E-state index contributed by atoms with van der Waals surface area (Å²) >= 11 is 6.03. The van der Waals surface area contributed by atoms with Crippen molar-refractivity contribution in [3.8, 4) is 0 Å². The van der Waals surface area contributed by atoms with E-state index in [2.05, 4.69) is 11.6 Å². The number of hydrogen-bond acceptors (Lipinski definition) is 2. The molecular formula is C19H26ClNO2S. The van der Waals surface area contributed by atoms with Gasteiger partial charge in [-0.25, -0.2) is 13.1 Å². The maximum Gasteiger partial charge on any atom is 0.240 e. The second-order valence-electron chi connectivity index (χ2n) is 8.33. The molecule has 0 heterocycles. The monoisotopic (exact) mass is 367 g/mol. The maximum atomic E-state index is 12.8. The average molecular weight is 368 g/mol. The van der Waals surface area contributed by atoms with Crippen molar-refractivity contribution in [2.45, 2.75) is 56.9 Å². The van der Waals surface area contributed by atoms with Gasteiger partial charge in [0, 0.05) is 11.1 Å². The Morgan fingerprint density at radius 1 is 1.08 bits per heavy atom. The second kappa shape index (κ2) is 6.00. The Hall–Kier alpha value is -0.580. The lowest BCUT2D eigenvalue weighted by Gasteiger charge is -2.56. The molecule has 24 heavy (non-hydrogen) atoms. The Labute approximate surface area is 150 Å². The number of sulfonamides is 1. The van der Waals surface area contributed by atoms with E-state index in [1.54, 1.807) is 18.2 Å². The molecule has 0 radical (unpaired) electrons. The van der Waals surface area contributed by atoms with Gasteiger partial charge in [0.25, 0.3) is 0 Å². The fourth-order valence-electron chi connectivity index (χ4n) is 5.96. The molecule has 0 saturated heterocycles. The third kappa shape index (κ3) is 2.91. The number of rotatable bonds is 4. The highest BCUT2D eigenvalue weighted by molar-refractivity contribution is 7.89. The van der Waals surface area contributed by atoms with Gasteiger partial charge < -0.3 is 0 Å². The second-order valence-corrected chi connectivity index (χ2v) is 10.5. The third-order valence-electron chi connectivity index (χ3n) is 6.66. The van der Waals surface area contributed by atoms with E-state index in [1.165, 1.54) is 32.1 Å². The van der Waals surface area contributed by atoms with E-state index in [0.29, 0.717) is 27.7 Å². The molecule has 4 saturated carbocycles. The maximum absolute atomic E-state index is 12.8. The summed E-state index contributed by atoms with van der Waals surface area (Å²) in [6.45, 7) is 3.90. The first kappa shape index (κ1) is 16.9. The first-order valence-corrected chi connectivity index (χ1v) is 11.0. The van der Waals surface area contributed by atoms with Crippen LogP contribution in [0.25, 0.3) is 0 Å². The summed E-state index contributed by atoms with van der Waals surface area (Å²) < 4.78 is 28.6. The molecule has 0 amide bonds. The molecule has 1 unspecified atom stereocenters. The molecule has 0 spiro atoms. The first-order valence-electron chi connectivity index (χ1n) is 9.12. The van der Waals surface area contributed by atoms with Crippen molar-refractivity contribution in [2.24, 2.45) is 29.6 Å². The Balaban J connectivity index is 1.53. The number of hydrogen-bond donors (Lipinski definition) is 1. The van der Waals surface area contributed by atoms with Crippen molar-refractivity contribution >= 4 is 21.6 Å². The summed E-state index contributed by atoms with van der Waals surface area (Å²) in [6.07, 6.45) is 6.66. The van der Waals surface area contributed by atoms with Gasteiger partial charge in [-0.05, 0) is 99.3 Å². The molecule has 4 aliphatic carbocycles. The van der Waals surface area contributed by atoms with Gasteiger partial charge in [-0.1, -0.05) is 11.6 Å². The zero-order chi connectivity index (χ0) is 17.1. The summed E-state index contributed by atoms with van der Waals surface area (Å²) in [5, 5.41) is 0.600. The minimum atomic E-state index is -3.49. The minimum absolute atomic E-state index is 0.000911. The Morgan fingerprint density at radius 2 is 1.67 bits per heavy atom. The van der Waals surface area contributed by atoms with Gasteiger partial charge in [-0.2, -0.15) is 0 Å². The number of benzene rings is 1. The van der Waals surface area contributed by atoms with E-state index >= 15 is 0 Å². The molecule has 0 aromatic heterocycles. The minimum Gasteiger partial charge on any atom is -0.208 e. The van der Waals surface area contributed by atoms with Crippen LogP contribution in [0.4, 0.5) is 0 Å². The molecule has 4 bridgehead atoms. The largest absolute Gasteiger partial charge is 0.240 e. The van der Waals surface area contributed by atoms with Crippen LogP contribution in [0.3, 0.4) is 0 Å². The zero-order valence-corrected chi connectivity index (χ0v) is 15.9. The molecule has 5 rings (SSSR count). The summed E-state index contributed by atoms with van der Waals surface area (Å²) in [7, 11) is -3.49. The average Bonchev–Trinajstić information content (AvgIpc) is 2.48. The molecule has 132 valence electrons. The molecule has 3 nitrogen and oxygen atoms in total. The van der Waals surface area contributed by atoms with E-state index < -0.39 is 10.0 Å². The predicted molar refractivity (Wildman–Crippen MR) is 96.5 cm³/mol. The quantitative estimate of drug-likeness (QED) is 0.857. The lowest BCUT2D eigenvalue weighted by atomic mass is 9.51.